The number of likely N-dealkylation sites (tertiary alicyclic amines) is 1. The van der Waals surface area contributed by atoms with E-state index in [0.717, 1.165) is 31.2 Å². The highest BCUT2D eigenvalue weighted by atomic mass is 32.1. The van der Waals surface area contributed by atoms with Crippen molar-refractivity contribution in [1.29, 1.82) is 0 Å². The van der Waals surface area contributed by atoms with E-state index in [0.29, 0.717) is 12.5 Å². The maximum absolute atomic E-state index is 8.95. The molecule has 2 N–H and O–H groups in total. The summed E-state index contributed by atoms with van der Waals surface area (Å²) in [5.74, 6) is 0.615. The Morgan fingerprint density at radius 1 is 1.56 bits per heavy atom. The molecule has 3 nitrogen and oxygen atoms in total. The summed E-state index contributed by atoms with van der Waals surface area (Å²) in [6.07, 6.45) is 5.71. The summed E-state index contributed by atoms with van der Waals surface area (Å²) >= 11 is 5.38. The van der Waals surface area contributed by atoms with Crippen LogP contribution in [0.15, 0.2) is 0 Å². The molecule has 1 saturated heterocycles. The van der Waals surface area contributed by atoms with Gasteiger partial charge in [-0.05, 0) is 43.8 Å². The lowest BCUT2D eigenvalue weighted by atomic mass is 9.95. The number of piperidine rings is 1. The standard InChI is InChI=1S/C12H24N2OS/c1-2-3-7-13-12(16)14-8-4-5-11(10-14)6-9-15/h11,15H,2-10H2,1H3,(H,13,16). The maximum atomic E-state index is 8.95. The van der Waals surface area contributed by atoms with E-state index in [1.807, 2.05) is 0 Å². The molecule has 94 valence electrons. The second kappa shape index (κ2) is 7.85. The lowest BCUT2D eigenvalue weighted by Crippen LogP contribution is -2.45. The number of unbranched alkanes of at least 4 members (excludes halogenated alkanes) is 1. The molecular formula is C12H24N2OS. The summed E-state index contributed by atoms with van der Waals surface area (Å²) < 4.78 is 0. The lowest BCUT2D eigenvalue weighted by molar-refractivity contribution is 0.197. The van der Waals surface area contributed by atoms with E-state index in [1.165, 1.54) is 25.7 Å². The number of nitrogens with zero attached hydrogens (tertiary/aromatic N) is 1. The molecule has 1 unspecified atom stereocenters. The minimum absolute atomic E-state index is 0.300. The highest BCUT2D eigenvalue weighted by Crippen LogP contribution is 2.19. The van der Waals surface area contributed by atoms with Crippen LogP contribution in [0.2, 0.25) is 0 Å². The summed E-state index contributed by atoms with van der Waals surface area (Å²) in [5.41, 5.74) is 0. The molecule has 16 heavy (non-hydrogen) atoms. The predicted octanol–water partition coefficient (Wildman–Crippen LogP) is 1.76. The highest BCUT2D eigenvalue weighted by molar-refractivity contribution is 7.80. The lowest BCUT2D eigenvalue weighted by Gasteiger charge is -2.34. The first kappa shape index (κ1) is 13.7. The van der Waals surface area contributed by atoms with Gasteiger partial charge in [0.25, 0.3) is 0 Å². The van der Waals surface area contributed by atoms with Gasteiger partial charge in [-0.15, -0.1) is 0 Å². The molecule has 1 atom stereocenters. The van der Waals surface area contributed by atoms with E-state index in [2.05, 4.69) is 17.1 Å². The van der Waals surface area contributed by atoms with Crippen molar-refractivity contribution in [2.75, 3.05) is 26.2 Å². The average molecular weight is 244 g/mol. The minimum Gasteiger partial charge on any atom is -0.396 e. The summed E-state index contributed by atoms with van der Waals surface area (Å²) in [7, 11) is 0. The fourth-order valence-corrected chi connectivity index (χ4v) is 2.42. The molecule has 0 aromatic rings. The van der Waals surface area contributed by atoms with E-state index >= 15 is 0 Å². The van der Waals surface area contributed by atoms with Crippen LogP contribution in [-0.4, -0.2) is 41.4 Å². The molecule has 1 rings (SSSR count). The number of hydrogen-bond acceptors (Lipinski definition) is 2. The number of hydrogen-bond donors (Lipinski definition) is 2. The van der Waals surface area contributed by atoms with Crippen molar-refractivity contribution in [3.8, 4) is 0 Å². The Morgan fingerprint density at radius 3 is 3.06 bits per heavy atom. The minimum atomic E-state index is 0.300. The van der Waals surface area contributed by atoms with Crippen molar-refractivity contribution in [3.05, 3.63) is 0 Å². The maximum Gasteiger partial charge on any atom is 0.168 e. The molecule has 0 amide bonds. The van der Waals surface area contributed by atoms with Gasteiger partial charge in [0.2, 0.25) is 0 Å². The molecule has 0 radical (unpaired) electrons. The third kappa shape index (κ3) is 4.66. The molecule has 1 aliphatic heterocycles. The third-order valence-corrected chi connectivity index (χ3v) is 3.55. The van der Waals surface area contributed by atoms with Crippen molar-refractivity contribution in [2.24, 2.45) is 5.92 Å². The molecule has 0 aromatic carbocycles. The van der Waals surface area contributed by atoms with Gasteiger partial charge in [0.1, 0.15) is 0 Å². The van der Waals surface area contributed by atoms with E-state index in [9.17, 15) is 0 Å². The summed E-state index contributed by atoms with van der Waals surface area (Å²) in [5, 5.41) is 13.2. The monoisotopic (exact) mass is 244 g/mol. The number of rotatable bonds is 5. The van der Waals surface area contributed by atoms with E-state index in [1.54, 1.807) is 0 Å². The number of thiocarbonyl (C=S) groups is 1. The van der Waals surface area contributed by atoms with Gasteiger partial charge < -0.3 is 15.3 Å². The topological polar surface area (TPSA) is 35.5 Å². The molecule has 0 bridgehead atoms. The van der Waals surface area contributed by atoms with Crippen molar-refractivity contribution in [3.63, 3.8) is 0 Å². The van der Waals surface area contributed by atoms with Crippen LogP contribution in [0, 0.1) is 5.92 Å². The molecular weight excluding hydrogens is 220 g/mol. The first-order valence-electron chi connectivity index (χ1n) is 6.41. The molecule has 1 aliphatic rings. The Balaban J connectivity index is 2.26. The first-order valence-corrected chi connectivity index (χ1v) is 6.82. The molecule has 1 heterocycles. The Morgan fingerprint density at radius 2 is 2.38 bits per heavy atom. The van der Waals surface area contributed by atoms with Gasteiger partial charge in [-0.1, -0.05) is 13.3 Å². The van der Waals surface area contributed by atoms with Gasteiger partial charge in [-0.2, -0.15) is 0 Å². The number of aliphatic hydroxyl groups is 1. The average Bonchev–Trinajstić information content (AvgIpc) is 2.30. The van der Waals surface area contributed by atoms with Gasteiger partial charge >= 0.3 is 0 Å². The summed E-state index contributed by atoms with van der Waals surface area (Å²) in [6, 6.07) is 0. The Labute approximate surface area is 104 Å². The van der Waals surface area contributed by atoms with Crippen molar-refractivity contribution in [2.45, 2.75) is 39.0 Å². The van der Waals surface area contributed by atoms with Crippen LogP contribution in [0.5, 0.6) is 0 Å². The van der Waals surface area contributed by atoms with Crippen molar-refractivity contribution < 1.29 is 5.11 Å². The second-order valence-corrected chi connectivity index (χ2v) is 4.94. The quantitative estimate of drug-likeness (QED) is 0.570. The van der Waals surface area contributed by atoms with Crippen LogP contribution in [-0.2, 0) is 0 Å². The zero-order valence-corrected chi connectivity index (χ0v) is 11.1. The molecule has 0 aromatic heterocycles. The normalized spacial score (nSPS) is 20.9. The fourth-order valence-electron chi connectivity index (χ4n) is 2.15. The van der Waals surface area contributed by atoms with Crippen LogP contribution in [0.25, 0.3) is 0 Å². The van der Waals surface area contributed by atoms with Gasteiger partial charge in [-0.3, -0.25) is 0 Å². The highest BCUT2D eigenvalue weighted by Gasteiger charge is 2.20. The zero-order chi connectivity index (χ0) is 11.8. The fraction of sp³-hybridized carbons (Fsp3) is 0.917. The van der Waals surface area contributed by atoms with Crippen LogP contribution in [0.1, 0.15) is 39.0 Å². The SMILES string of the molecule is CCCCNC(=S)N1CCCC(CCO)C1. The van der Waals surface area contributed by atoms with E-state index in [4.69, 9.17) is 17.3 Å². The van der Waals surface area contributed by atoms with Gasteiger partial charge in [0.05, 0.1) is 0 Å². The molecule has 4 heteroatoms. The Kier molecular flexibility index (Phi) is 6.73. The number of nitrogens with one attached hydrogen (secondary N) is 1. The smallest absolute Gasteiger partial charge is 0.168 e. The predicted molar refractivity (Wildman–Crippen MR) is 71.5 cm³/mol. The molecule has 1 fully saturated rings. The zero-order valence-electron chi connectivity index (χ0n) is 10.2. The van der Waals surface area contributed by atoms with Crippen LogP contribution in [0.4, 0.5) is 0 Å². The van der Waals surface area contributed by atoms with Crippen LogP contribution >= 0.6 is 12.2 Å². The van der Waals surface area contributed by atoms with E-state index < -0.39 is 0 Å². The molecule has 0 aliphatic carbocycles. The Hall–Kier alpha value is -0.350. The van der Waals surface area contributed by atoms with E-state index in [-0.39, 0.29) is 0 Å². The van der Waals surface area contributed by atoms with Crippen molar-refractivity contribution >= 4 is 17.3 Å². The summed E-state index contributed by atoms with van der Waals surface area (Å²) in [4.78, 5) is 2.26. The van der Waals surface area contributed by atoms with Crippen LogP contribution < -0.4 is 5.32 Å². The largest absolute Gasteiger partial charge is 0.396 e. The van der Waals surface area contributed by atoms with Gasteiger partial charge in [0.15, 0.2) is 5.11 Å². The summed E-state index contributed by atoms with van der Waals surface area (Å²) in [6.45, 7) is 5.55. The molecule has 0 saturated carbocycles. The second-order valence-electron chi connectivity index (χ2n) is 4.55. The van der Waals surface area contributed by atoms with Crippen LogP contribution in [0.3, 0.4) is 0 Å². The van der Waals surface area contributed by atoms with Crippen molar-refractivity contribution in [1.82, 2.24) is 10.2 Å². The van der Waals surface area contributed by atoms with Gasteiger partial charge in [0, 0.05) is 26.2 Å². The first-order chi connectivity index (χ1) is 7.77. The Bertz CT molecular complexity index is 209. The number of aliphatic hydroxyl groups excluding tert-OH is 1. The molecule has 0 spiro atoms. The van der Waals surface area contributed by atoms with Gasteiger partial charge in [-0.25, -0.2) is 0 Å². The third-order valence-electron chi connectivity index (χ3n) is 3.15.